The Morgan fingerprint density at radius 1 is 1.58 bits per heavy atom. The Kier molecular flexibility index (Phi) is 5.00. The lowest BCUT2D eigenvalue weighted by molar-refractivity contribution is -0.132. The molecule has 19 heavy (non-hydrogen) atoms. The lowest BCUT2D eigenvalue weighted by Crippen LogP contribution is -2.48. The summed E-state index contributed by atoms with van der Waals surface area (Å²) in [4.78, 5) is 13.9. The van der Waals surface area contributed by atoms with Crippen LogP contribution in [0.3, 0.4) is 0 Å². The van der Waals surface area contributed by atoms with Gasteiger partial charge in [0.2, 0.25) is 5.91 Å². The van der Waals surface area contributed by atoms with Crippen LogP contribution in [0.1, 0.15) is 24.4 Å². The smallest absolute Gasteiger partial charge is 0.222 e. The Morgan fingerprint density at radius 2 is 2.42 bits per heavy atom. The van der Waals surface area contributed by atoms with Gasteiger partial charge >= 0.3 is 0 Å². The van der Waals surface area contributed by atoms with Crippen LogP contribution < -0.4 is 5.32 Å². The third-order valence-electron chi connectivity index (χ3n) is 3.34. The molecule has 1 saturated heterocycles. The zero-order chi connectivity index (χ0) is 13.7. The minimum absolute atomic E-state index is 0.167. The van der Waals surface area contributed by atoms with Crippen LogP contribution in [0.2, 0.25) is 5.02 Å². The van der Waals surface area contributed by atoms with Gasteiger partial charge in [-0.25, -0.2) is 0 Å². The van der Waals surface area contributed by atoms with E-state index in [4.69, 9.17) is 11.6 Å². The maximum Gasteiger partial charge on any atom is 0.222 e. The van der Waals surface area contributed by atoms with Gasteiger partial charge in [0, 0.05) is 37.1 Å². The van der Waals surface area contributed by atoms with Crippen molar-refractivity contribution in [2.24, 2.45) is 0 Å². The minimum Gasteiger partial charge on any atom is -0.340 e. The van der Waals surface area contributed by atoms with E-state index in [1.165, 1.54) is 0 Å². The second-order valence-electron chi connectivity index (χ2n) is 4.73. The number of nitrogens with one attached hydrogen (secondary N) is 1. The second-order valence-corrected chi connectivity index (χ2v) is 5.17. The van der Waals surface area contributed by atoms with Crippen LogP contribution in [0.15, 0.2) is 36.9 Å². The fraction of sp³-hybridized carbons (Fsp3) is 0.400. The number of rotatable bonds is 4. The highest BCUT2D eigenvalue weighted by Gasteiger charge is 2.23. The Labute approximate surface area is 119 Å². The van der Waals surface area contributed by atoms with E-state index in [2.05, 4.69) is 11.9 Å². The van der Waals surface area contributed by atoms with Gasteiger partial charge in [0.25, 0.3) is 0 Å². The van der Waals surface area contributed by atoms with Crippen LogP contribution in [0.5, 0.6) is 0 Å². The summed E-state index contributed by atoms with van der Waals surface area (Å²) in [5.74, 6) is 0.202. The molecule has 0 aromatic heterocycles. The summed E-state index contributed by atoms with van der Waals surface area (Å²) < 4.78 is 0. The van der Waals surface area contributed by atoms with Gasteiger partial charge in [0.15, 0.2) is 0 Å². The van der Waals surface area contributed by atoms with Crippen molar-refractivity contribution in [2.45, 2.75) is 18.9 Å². The van der Waals surface area contributed by atoms with Crippen molar-refractivity contribution in [2.75, 3.05) is 19.6 Å². The molecule has 0 aliphatic carbocycles. The van der Waals surface area contributed by atoms with Gasteiger partial charge in [0.05, 0.1) is 0 Å². The van der Waals surface area contributed by atoms with E-state index in [-0.39, 0.29) is 11.9 Å². The highest BCUT2D eigenvalue weighted by molar-refractivity contribution is 6.30. The number of hydrogen-bond donors (Lipinski definition) is 1. The highest BCUT2D eigenvalue weighted by Crippen LogP contribution is 2.21. The zero-order valence-electron chi connectivity index (χ0n) is 10.9. The van der Waals surface area contributed by atoms with Crippen LogP contribution in [0.25, 0.3) is 0 Å². The molecular formula is C15H19ClN2O. The van der Waals surface area contributed by atoms with Crippen molar-refractivity contribution >= 4 is 17.5 Å². The maximum atomic E-state index is 12.0. The molecule has 1 aliphatic heterocycles. The quantitative estimate of drug-likeness (QED) is 0.859. The fourth-order valence-electron chi connectivity index (χ4n) is 2.31. The molecule has 102 valence electrons. The first-order valence-electron chi connectivity index (χ1n) is 6.58. The number of halogens is 1. The topological polar surface area (TPSA) is 32.3 Å². The molecule has 1 aliphatic rings. The largest absolute Gasteiger partial charge is 0.340 e. The molecule has 1 aromatic rings. The van der Waals surface area contributed by atoms with E-state index in [0.29, 0.717) is 13.0 Å². The Bertz CT molecular complexity index is 461. The van der Waals surface area contributed by atoms with Gasteiger partial charge in [-0.15, -0.1) is 6.58 Å². The third kappa shape index (κ3) is 3.82. The van der Waals surface area contributed by atoms with E-state index in [1.807, 2.05) is 29.2 Å². The van der Waals surface area contributed by atoms with Crippen molar-refractivity contribution in [3.63, 3.8) is 0 Å². The average molecular weight is 279 g/mol. The van der Waals surface area contributed by atoms with Gasteiger partial charge in [-0.3, -0.25) is 4.79 Å². The molecule has 1 aromatic carbocycles. The number of benzene rings is 1. The zero-order valence-corrected chi connectivity index (χ0v) is 11.7. The molecule has 2 rings (SSSR count). The first-order chi connectivity index (χ1) is 9.20. The molecule has 1 atom stereocenters. The lowest BCUT2D eigenvalue weighted by atomic mass is 10.0. The summed E-state index contributed by atoms with van der Waals surface area (Å²) in [5, 5.41) is 4.16. The third-order valence-corrected chi connectivity index (χ3v) is 3.58. The van der Waals surface area contributed by atoms with Crippen molar-refractivity contribution in [1.29, 1.82) is 0 Å². The van der Waals surface area contributed by atoms with Crippen LogP contribution in [0, 0.1) is 0 Å². The van der Waals surface area contributed by atoms with Crippen molar-refractivity contribution in [1.82, 2.24) is 10.2 Å². The van der Waals surface area contributed by atoms with Gasteiger partial charge in [-0.2, -0.15) is 0 Å². The summed E-state index contributed by atoms with van der Waals surface area (Å²) >= 11 is 6.01. The first-order valence-corrected chi connectivity index (χ1v) is 6.96. The summed E-state index contributed by atoms with van der Waals surface area (Å²) in [6, 6.07) is 7.97. The Hall–Kier alpha value is -1.32. The second kappa shape index (κ2) is 6.73. The van der Waals surface area contributed by atoms with Crippen LogP contribution in [-0.2, 0) is 4.79 Å². The average Bonchev–Trinajstić information content (AvgIpc) is 2.45. The number of amides is 1. The standard InChI is InChI=1S/C15H19ClN2O/c1-2-3-7-15(19)18-9-8-17-14(11-18)12-5-4-6-13(16)10-12/h2,4-6,10,14,17H,1,3,7-9,11H2. The van der Waals surface area contributed by atoms with E-state index >= 15 is 0 Å². The summed E-state index contributed by atoms with van der Waals surface area (Å²) in [7, 11) is 0. The summed E-state index contributed by atoms with van der Waals surface area (Å²) in [5.41, 5.74) is 1.13. The van der Waals surface area contributed by atoms with E-state index < -0.39 is 0 Å². The van der Waals surface area contributed by atoms with Crippen LogP contribution in [-0.4, -0.2) is 30.4 Å². The van der Waals surface area contributed by atoms with Gasteiger partial charge in [0.1, 0.15) is 0 Å². The molecule has 1 amide bonds. The van der Waals surface area contributed by atoms with Gasteiger partial charge in [-0.1, -0.05) is 29.8 Å². The number of nitrogens with zero attached hydrogens (tertiary/aromatic N) is 1. The van der Waals surface area contributed by atoms with Crippen molar-refractivity contribution in [3.8, 4) is 0 Å². The molecule has 0 saturated carbocycles. The fourth-order valence-corrected chi connectivity index (χ4v) is 2.51. The molecular weight excluding hydrogens is 260 g/mol. The molecule has 1 heterocycles. The van der Waals surface area contributed by atoms with Crippen LogP contribution >= 0.6 is 11.6 Å². The Morgan fingerprint density at radius 3 is 3.16 bits per heavy atom. The number of carbonyl (C=O) groups is 1. The molecule has 0 radical (unpaired) electrons. The van der Waals surface area contributed by atoms with Crippen molar-refractivity contribution in [3.05, 3.63) is 47.5 Å². The lowest BCUT2D eigenvalue weighted by Gasteiger charge is -2.34. The highest BCUT2D eigenvalue weighted by atomic mass is 35.5. The number of piperazine rings is 1. The summed E-state index contributed by atoms with van der Waals surface area (Å²) in [6.07, 6.45) is 3.07. The van der Waals surface area contributed by atoms with E-state index in [9.17, 15) is 4.79 Å². The molecule has 1 fully saturated rings. The van der Waals surface area contributed by atoms with E-state index in [0.717, 1.165) is 30.1 Å². The SMILES string of the molecule is C=CCCC(=O)N1CCNC(c2cccc(Cl)c2)C1. The molecule has 0 spiro atoms. The predicted molar refractivity (Wildman–Crippen MR) is 78.2 cm³/mol. The molecule has 1 unspecified atom stereocenters. The monoisotopic (exact) mass is 278 g/mol. The van der Waals surface area contributed by atoms with E-state index in [1.54, 1.807) is 6.08 Å². The number of carbonyl (C=O) groups excluding carboxylic acids is 1. The summed E-state index contributed by atoms with van der Waals surface area (Å²) in [6.45, 7) is 5.94. The normalized spacial score (nSPS) is 19.2. The molecule has 0 bridgehead atoms. The maximum absolute atomic E-state index is 12.0. The molecule has 4 heteroatoms. The van der Waals surface area contributed by atoms with Gasteiger partial charge in [-0.05, 0) is 24.1 Å². The number of allylic oxidation sites excluding steroid dienone is 1. The predicted octanol–water partition coefficient (Wildman–Crippen LogP) is 2.78. The Balaban J connectivity index is 2.00. The molecule has 3 nitrogen and oxygen atoms in total. The number of hydrogen-bond acceptors (Lipinski definition) is 2. The van der Waals surface area contributed by atoms with Crippen LogP contribution in [0.4, 0.5) is 0 Å². The molecule has 1 N–H and O–H groups in total. The first kappa shape index (κ1) is 14.1. The minimum atomic E-state index is 0.167. The van der Waals surface area contributed by atoms with Gasteiger partial charge < -0.3 is 10.2 Å². The van der Waals surface area contributed by atoms with Crippen molar-refractivity contribution < 1.29 is 4.79 Å².